The lowest BCUT2D eigenvalue weighted by Gasteiger charge is -2.42. The lowest BCUT2D eigenvalue weighted by molar-refractivity contribution is -0.132. The maximum Gasteiger partial charge on any atom is 0.411 e. The van der Waals surface area contributed by atoms with Crippen molar-refractivity contribution in [3.8, 4) is 11.6 Å². The van der Waals surface area contributed by atoms with Crippen LogP contribution in [0.15, 0.2) is 60.5 Å². The molecule has 2 aromatic carbocycles. The average molecular weight is 772 g/mol. The van der Waals surface area contributed by atoms with Gasteiger partial charge in [-0.2, -0.15) is 0 Å². The highest BCUT2D eigenvalue weighted by molar-refractivity contribution is 7.93. The molecule has 284 valence electrons. The first-order valence-corrected chi connectivity index (χ1v) is 19.3. The van der Waals surface area contributed by atoms with Gasteiger partial charge in [0.15, 0.2) is 0 Å². The van der Waals surface area contributed by atoms with Crippen molar-refractivity contribution in [2.24, 2.45) is 0 Å². The van der Waals surface area contributed by atoms with Crippen LogP contribution in [0, 0.1) is 5.82 Å². The van der Waals surface area contributed by atoms with E-state index < -0.39 is 44.2 Å². The molecule has 3 aliphatic heterocycles. The predicted octanol–water partition coefficient (Wildman–Crippen LogP) is 4.74. The minimum atomic E-state index is -4.68. The number of methoxy groups -OCH3 is 2. The normalized spacial score (nSPS) is 20.3. The summed E-state index contributed by atoms with van der Waals surface area (Å²) in [4.78, 5) is 39.6. The van der Waals surface area contributed by atoms with Gasteiger partial charge in [0.05, 0.1) is 37.1 Å². The van der Waals surface area contributed by atoms with Crippen LogP contribution in [0.25, 0.3) is 6.08 Å². The number of hydrogen-bond donors (Lipinski definition) is 0. The SMILES string of the molecule is CCOc1ncccc1C1(OC(=O)N2CCN(C3CCN(C)CC3)CC2)C(=O)N(S(=O)(=O)CC(=Cc2ccc(OC)cc2)OC)c2cc(Cl)c(F)cc21. The summed E-state index contributed by atoms with van der Waals surface area (Å²) in [5.74, 6) is -2.44. The molecule has 0 spiro atoms. The summed E-state index contributed by atoms with van der Waals surface area (Å²) in [5, 5.41) is -0.444. The van der Waals surface area contributed by atoms with E-state index in [9.17, 15) is 13.2 Å². The minimum Gasteiger partial charge on any atom is -0.500 e. The first-order chi connectivity index (χ1) is 25.4. The molecular weight excluding hydrogens is 729 g/mol. The van der Waals surface area contributed by atoms with Gasteiger partial charge in [0.1, 0.15) is 23.1 Å². The quantitative estimate of drug-likeness (QED) is 0.251. The fourth-order valence-corrected chi connectivity index (χ4v) is 8.75. The number of carbonyl (C=O) groups excluding carboxylic acids is 2. The molecule has 0 radical (unpaired) electrons. The maximum atomic E-state index is 15.5. The number of aromatic nitrogens is 1. The summed E-state index contributed by atoms with van der Waals surface area (Å²) in [6.45, 7) is 5.57. The summed E-state index contributed by atoms with van der Waals surface area (Å²) >= 11 is 6.24. The van der Waals surface area contributed by atoms with Crippen LogP contribution >= 0.6 is 11.6 Å². The third kappa shape index (κ3) is 7.66. The number of sulfonamides is 1. The molecule has 1 aromatic heterocycles. The standard InChI is InChI=1S/C37H43ClFN5O8S/c1-5-51-34-29(7-6-14-40-34)37(52-36(46)43-19-17-42(18-20-43)26-12-15-41(2)16-13-26)30-22-32(39)31(38)23-33(30)44(35(37)45)53(47,48)24-28(50-4)21-25-8-10-27(49-3)11-9-25/h6-11,14,21-23,26H,5,12-13,15-20,24H2,1-4H3. The van der Waals surface area contributed by atoms with E-state index in [1.54, 1.807) is 31.2 Å². The van der Waals surface area contributed by atoms with Gasteiger partial charge in [-0.3, -0.25) is 9.69 Å². The Balaban J connectivity index is 1.39. The number of piperazine rings is 1. The van der Waals surface area contributed by atoms with Gasteiger partial charge in [-0.15, -0.1) is 0 Å². The summed E-state index contributed by atoms with van der Waals surface area (Å²) < 4.78 is 67.5. The van der Waals surface area contributed by atoms with Crippen LogP contribution in [0.3, 0.4) is 0 Å². The van der Waals surface area contributed by atoms with Crippen LogP contribution in [-0.4, -0.2) is 119 Å². The Morgan fingerprint density at radius 2 is 1.74 bits per heavy atom. The van der Waals surface area contributed by atoms with Gasteiger partial charge in [-0.05, 0) is 87.9 Å². The zero-order valence-electron chi connectivity index (χ0n) is 30.1. The van der Waals surface area contributed by atoms with E-state index >= 15 is 9.18 Å². The highest BCUT2D eigenvalue weighted by Gasteiger charge is 2.61. The number of halogens is 2. The van der Waals surface area contributed by atoms with E-state index in [-0.39, 0.29) is 35.1 Å². The third-order valence-corrected chi connectivity index (χ3v) is 11.7. The number of carbonyl (C=O) groups is 2. The molecule has 13 nitrogen and oxygen atoms in total. The van der Waals surface area contributed by atoms with Crippen molar-refractivity contribution >= 4 is 45.4 Å². The van der Waals surface area contributed by atoms with Crippen molar-refractivity contribution in [2.45, 2.75) is 31.4 Å². The Kier molecular flexibility index (Phi) is 11.5. The topological polar surface area (TPSA) is 131 Å². The fourth-order valence-electron chi connectivity index (χ4n) is 7.07. The molecule has 4 heterocycles. The van der Waals surface area contributed by atoms with Gasteiger partial charge in [-0.1, -0.05) is 23.7 Å². The van der Waals surface area contributed by atoms with Crippen molar-refractivity contribution in [3.63, 3.8) is 0 Å². The molecule has 3 aromatic rings. The van der Waals surface area contributed by atoms with Crippen molar-refractivity contribution in [1.82, 2.24) is 19.7 Å². The number of hydrogen-bond acceptors (Lipinski definition) is 11. The number of rotatable bonds is 11. The molecule has 1 atom stereocenters. The van der Waals surface area contributed by atoms with Gasteiger partial charge in [-0.25, -0.2) is 26.9 Å². The number of anilines is 1. The molecule has 1 unspecified atom stereocenters. The molecule has 0 N–H and O–H groups in total. The van der Waals surface area contributed by atoms with E-state index in [2.05, 4.69) is 21.8 Å². The number of benzene rings is 2. The lowest BCUT2D eigenvalue weighted by atomic mass is 9.87. The van der Waals surface area contributed by atoms with Crippen LogP contribution < -0.4 is 13.8 Å². The first kappa shape index (κ1) is 38.3. The molecule has 0 bridgehead atoms. The van der Waals surface area contributed by atoms with Gasteiger partial charge < -0.3 is 28.7 Å². The molecule has 6 rings (SSSR count). The average Bonchev–Trinajstić information content (AvgIpc) is 3.39. The van der Waals surface area contributed by atoms with Crippen molar-refractivity contribution in [2.75, 3.05) is 77.2 Å². The number of fused-ring (bicyclic) bond motifs is 1. The molecule has 2 fully saturated rings. The van der Waals surface area contributed by atoms with Crippen LogP contribution in [0.2, 0.25) is 5.02 Å². The Labute approximate surface area is 313 Å². The fraction of sp³-hybridized carbons (Fsp3) is 0.432. The van der Waals surface area contributed by atoms with Gasteiger partial charge in [0.2, 0.25) is 15.9 Å². The van der Waals surface area contributed by atoms with E-state index in [0.29, 0.717) is 47.8 Å². The monoisotopic (exact) mass is 771 g/mol. The Bertz CT molecular complexity index is 1970. The highest BCUT2D eigenvalue weighted by atomic mass is 35.5. The number of ether oxygens (including phenoxy) is 4. The van der Waals surface area contributed by atoms with Crippen LogP contribution in [0.4, 0.5) is 14.9 Å². The summed E-state index contributed by atoms with van der Waals surface area (Å²) in [6.07, 6.45) is 4.08. The summed E-state index contributed by atoms with van der Waals surface area (Å²) in [6, 6.07) is 12.1. The largest absolute Gasteiger partial charge is 0.500 e. The number of piperidine rings is 1. The van der Waals surface area contributed by atoms with Gasteiger partial charge in [0.25, 0.3) is 11.5 Å². The van der Waals surface area contributed by atoms with Crippen molar-refractivity contribution in [1.29, 1.82) is 0 Å². The van der Waals surface area contributed by atoms with Crippen molar-refractivity contribution in [3.05, 3.63) is 88.0 Å². The van der Waals surface area contributed by atoms with E-state index in [4.69, 9.17) is 30.5 Å². The molecule has 2 saturated heterocycles. The zero-order chi connectivity index (χ0) is 37.9. The molecule has 53 heavy (non-hydrogen) atoms. The lowest BCUT2D eigenvalue weighted by Crippen LogP contribution is -2.55. The molecule has 2 amide bonds. The molecule has 3 aliphatic rings. The van der Waals surface area contributed by atoms with E-state index in [1.165, 1.54) is 43.5 Å². The van der Waals surface area contributed by atoms with Crippen LogP contribution in [0.1, 0.15) is 36.5 Å². The van der Waals surface area contributed by atoms with E-state index in [1.807, 2.05) is 0 Å². The van der Waals surface area contributed by atoms with Crippen LogP contribution in [-0.2, 0) is 29.9 Å². The Morgan fingerprint density at radius 3 is 2.38 bits per heavy atom. The molecule has 0 saturated carbocycles. The van der Waals surface area contributed by atoms with E-state index in [0.717, 1.165) is 38.1 Å². The smallest absolute Gasteiger partial charge is 0.411 e. The second kappa shape index (κ2) is 15.9. The number of likely N-dealkylation sites (tertiary alicyclic amines) is 1. The molecule has 16 heteroatoms. The van der Waals surface area contributed by atoms with Gasteiger partial charge in [0, 0.05) is 44.0 Å². The minimum absolute atomic E-state index is 0.00825. The number of amides is 2. The second-order valence-electron chi connectivity index (χ2n) is 13.1. The highest BCUT2D eigenvalue weighted by Crippen LogP contribution is 2.52. The van der Waals surface area contributed by atoms with Crippen LogP contribution in [0.5, 0.6) is 11.6 Å². The Hall–Kier alpha value is -4.44. The van der Waals surface area contributed by atoms with Gasteiger partial charge >= 0.3 is 6.09 Å². The Morgan fingerprint density at radius 1 is 1.04 bits per heavy atom. The first-order valence-electron chi connectivity index (χ1n) is 17.4. The summed E-state index contributed by atoms with van der Waals surface area (Å²) in [7, 11) is 0.255. The third-order valence-electron chi connectivity index (χ3n) is 9.88. The maximum absolute atomic E-state index is 15.5. The molecular formula is C37H43ClFN5O8S. The number of pyridine rings is 1. The zero-order valence-corrected chi connectivity index (χ0v) is 31.7. The van der Waals surface area contributed by atoms with Crippen molar-refractivity contribution < 1.29 is 41.3 Å². The molecule has 0 aliphatic carbocycles. The summed E-state index contributed by atoms with van der Waals surface area (Å²) in [5.41, 5.74) is -2.54. The predicted molar refractivity (Wildman–Crippen MR) is 197 cm³/mol. The second-order valence-corrected chi connectivity index (χ2v) is 15.3. The number of nitrogens with zero attached hydrogens (tertiary/aromatic N) is 5.